The molecule has 2 bridgehead atoms. The summed E-state index contributed by atoms with van der Waals surface area (Å²) in [5.74, 6) is -0.836. The van der Waals surface area contributed by atoms with Crippen molar-refractivity contribution in [2.75, 3.05) is 11.5 Å². The van der Waals surface area contributed by atoms with Crippen molar-refractivity contribution in [2.24, 2.45) is 29.6 Å². The molecular formula is C24H24N2O5S2. The van der Waals surface area contributed by atoms with Gasteiger partial charge in [-0.2, -0.15) is 0 Å². The van der Waals surface area contributed by atoms with Crippen molar-refractivity contribution >= 4 is 46.6 Å². The predicted molar refractivity (Wildman–Crippen MR) is 125 cm³/mol. The van der Waals surface area contributed by atoms with E-state index in [4.69, 9.17) is 4.74 Å². The lowest BCUT2D eigenvalue weighted by Crippen LogP contribution is -2.48. The van der Waals surface area contributed by atoms with Crippen LogP contribution in [0, 0.1) is 29.6 Å². The van der Waals surface area contributed by atoms with E-state index in [1.165, 1.54) is 16.2 Å². The van der Waals surface area contributed by atoms with Gasteiger partial charge >= 0.3 is 10.8 Å². The third-order valence-electron chi connectivity index (χ3n) is 8.03. The van der Waals surface area contributed by atoms with Crippen molar-refractivity contribution in [1.29, 1.82) is 0 Å². The van der Waals surface area contributed by atoms with Gasteiger partial charge in [0, 0.05) is 15.5 Å². The summed E-state index contributed by atoms with van der Waals surface area (Å²) in [5.41, 5.74) is 0.673. The molecule has 6 unspecified atom stereocenters. The molecular weight excluding hydrogens is 460 g/mol. The lowest BCUT2D eigenvalue weighted by Gasteiger charge is -2.47. The number of aromatic amines is 1. The van der Waals surface area contributed by atoms with E-state index in [-0.39, 0.29) is 63.5 Å². The molecule has 2 amide bonds. The first kappa shape index (κ1) is 21.2. The van der Waals surface area contributed by atoms with Crippen molar-refractivity contribution in [2.45, 2.75) is 42.9 Å². The molecule has 33 heavy (non-hydrogen) atoms. The van der Waals surface area contributed by atoms with Crippen LogP contribution >= 0.6 is 23.1 Å². The number of hydrogen-bond acceptors (Lipinski definition) is 7. The van der Waals surface area contributed by atoms with E-state index in [9.17, 15) is 19.2 Å². The summed E-state index contributed by atoms with van der Waals surface area (Å²) in [5, 5.41) is 1.15. The van der Waals surface area contributed by atoms with Gasteiger partial charge in [0.05, 0.1) is 34.7 Å². The lowest BCUT2D eigenvalue weighted by molar-refractivity contribution is -0.123. The normalized spacial score (nSPS) is 33.1. The Hall–Kier alpha value is -2.39. The number of ether oxygens (including phenoxy) is 1. The fourth-order valence-corrected chi connectivity index (χ4v) is 10.0. The van der Waals surface area contributed by atoms with Crippen molar-refractivity contribution < 1.29 is 19.1 Å². The van der Waals surface area contributed by atoms with Gasteiger partial charge in [0.25, 0.3) is 0 Å². The van der Waals surface area contributed by atoms with Crippen molar-refractivity contribution in [1.82, 2.24) is 4.98 Å². The summed E-state index contributed by atoms with van der Waals surface area (Å²) in [6.07, 6.45) is 0.882. The minimum atomic E-state index is -0.424. The van der Waals surface area contributed by atoms with Gasteiger partial charge in [-0.25, -0.2) is 4.79 Å². The SMILES string of the molecule is CCOC(=O)c1ccc(N2C(=O)C3C4CC(C3C2=O)C2C4Sc3[nH]c(=O)sc3C2(C)C)cc1. The number of thioether (sulfide) groups is 1. The number of rotatable bonds is 3. The van der Waals surface area contributed by atoms with Gasteiger partial charge in [-0.15, -0.1) is 11.8 Å². The summed E-state index contributed by atoms with van der Waals surface area (Å²) in [7, 11) is 0. The maximum atomic E-state index is 13.6. The number of nitrogens with one attached hydrogen (secondary N) is 1. The van der Waals surface area contributed by atoms with Crippen LogP contribution in [0.25, 0.3) is 0 Å². The van der Waals surface area contributed by atoms with Gasteiger partial charge in [0.1, 0.15) is 0 Å². The number of aromatic nitrogens is 1. The first-order valence-electron chi connectivity index (χ1n) is 11.3. The minimum absolute atomic E-state index is 0.0438. The maximum Gasteiger partial charge on any atom is 0.338 e. The summed E-state index contributed by atoms with van der Waals surface area (Å²) >= 11 is 2.97. The van der Waals surface area contributed by atoms with Gasteiger partial charge in [-0.3, -0.25) is 19.3 Å². The number of amides is 2. The first-order chi connectivity index (χ1) is 15.7. The third kappa shape index (κ3) is 2.75. The van der Waals surface area contributed by atoms with Crippen molar-refractivity contribution in [3.05, 3.63) is 44.4 Å². The van der Waals surface area contributed by atoms with Crippen LogP contribution in [0.1, 0.15) is 42.4 Å². The summed E-state index contributed by atoms with van der Waals surface area (Å²) in [6, 6.07) is 6.51. The molecule has 172 valence electrons. The molecule has 6 atom stereocenters. The molecule has 3 heterocycles. The summed E-state index contributed by atoms with van der Waals surface area (Å²) in [6.45, 7) is 6.38. The summed E-state index contributed by atoms with van der Waals surface area (Å²) < 4.78 is 5.02. The van der Waals surface area contributed by atoms with E-state index in [0.29, 0.717) is 11.3 Å². The standard InChI is InChI=1S/C24H24N2O5S2/c1-4-31-22(29)10-5-7-11(8-6-10)26-20(27)14-12-9-13(15(14)21(26)28)17-16(12)24(2,3)18-19(32-17)25-23(30)33-18/h5-8,12-17H,4,9H2,1-3H3,(H,25,30). The monoisotopic (exact) mass is 484 g/mol. The quantitative estimate of drug-likeness (QED) is 0.530. The molecule has 7 nitrogen and oxygen atoms in total. The zero-order valence-corrected chi connectivity index (χ0v) is 20.1. The van der Waals surface area contributed by atoms with Gasteiger partial charge in [-0.1, -0.05) is 25.2 Å². The highest BCUT2D eigenvalue weighted by molar-refractivity contribution is 8.00. The van der Waals surface area contributed by atoms with Gasteiger partial charge in [0.15, 0.2) is 0 Å². The second-order valence-electron chi connectivity index (χ2n) is 9.90. The van der Waals surface area contributed by atoms with Gasteiger partial charge < -0.3 is 9.72 Å². The number of imide groups is 1. The number of carbonyl (C=O) groups excluding carboxylic acids is 3. The Morgan fingerprint density at radius 2 is 1.79 bits per heavy atom. The molecule has 1 saturated heterocycles. The van der Waals surface area contributed by atoms with E-state index in [2.05, 4.69) is 18.8 Å². The number of hydrogen-bond donors (Lipinski definition) is 1. The van der Waals surface area contributed by atoms with E-state index in [1.54, 1.807) is 43.0 Å². The van der Waals surface area contributed by atoms with E-state index in [1.807, 2.05) is 0 Å². The molecule has 4 aliphatic rings. The lowest BCUT2D eigenvalue weighted by atomic mass is 9.64. The van der Waals surface area contributed by atoms with Crippen molar-refractivity contribution in [3.8, 4) is 0 Å². The predicted octanol–water partition coefficient (Wildman–Crippen LogP) is 3.44. The largest absolute Gasteiger partial charge is 0.462 e. The molecule has 1 aromatic carbocycles. The fourth-order valence-electron chi connectivity index (χ4n) is 6.87. The number of nitrogens with zero attached hydrogens (tertiary/aromatic N) is 1. The van der Waals surface area contributed by atoms with Crippen LogP contribution in [0.15, 0.2) is 34.1 Å². The number of thiazole rings is 1. The zero-order valence-electron chi connectivity index (χ0n) is 18.5. The fraction of sp³-hybridized carbons (Fsp3) is 0.500. The molecule has 2 aliphatic carbocycles. The number of carbonyl (C=O) groups is 3. The number of benzene rings is 1. The maximum absolute atomic E-state index is 13.6. The number of H-pyrrole nitrogens is 1. The van der Waals surface area contributed by atoms with Crippen molar-refractivity contribution in [3.63, 3.8) is 0 Å². The van der Waals surface area contributed by atoms with Crippen LogP contribution in [-0.4, -0.2) is 34.6 Å². The Kier molecular flexibility index (Phi) is 4.52. The molecule has 6 rings (SSSR count). The Balaban J connectivity index is 1.33. The molecule has 9 heteroatoms. The number of anilines is 1. The van der Waals surface area contributed by atoms with Crippen LogP contribution in [0.4, 0.5) is 5.69 Å². The molecule has 0 spiro atoms. The minimum Gasteiger partial charge on any atom is -0.462 e. The smallest absolute Gasteiger partial charge is 0.338 e. The molecule has 2 saturated carbocycles. The molecule has 3 fully saturated rings. The molecule has 1 aromatic heterocycles. The average Bonchev–Trinajstić information content (AvgIpc) is 3.50. The van der Waals surface area contributed by atoms with Crippen LogP contribution in [0.2, 0.25) is 0 Å². The molecule has 0 radical (unpaired) electrons. The highest BCUT2D eigenvalue weighted by Gasteiger charge is 2.70. The molecule has 1 N–H and O–H groups in total. The Morgan fingerprint density at radius 1 is 1.12 bits per heavy atom. The first-order valence-corrected chi connectivity index (χ1v) is 13.0. The number of fused-ring (bicyclic) bond motifs is 9. The highest BCUT2D eigenvalue weighted by atomic mass is 32.2. The summed E-state index contributed by atoms with van der Waals surface area (Å²) in [4.78, 5) is 56.5. The second-order valence-corrected chi connectivity index (χ2v) is 12.1. The van der Waals surface area contributed by atoms with E-state index < -0.39 is 5.97 Å². The van der Waals surface area contributed by atoms with Crippen LogP contribution in [0.3, 0.4) is 0 Å². The molecule has 2 aromatic rings. The Morgan fingerprint density at radius 3 is 2.45 bits per heavy atom. The number of esters is 1. The van der Waals surface area contributed by atoms with Crippen LogP contribution in [-0.2, 0) is 19.7 Å². The van der Waals surface area contributed by atoms with Crippen LogP contribution < -0.4 is 9.77 Å². The average molecular weight is 485 g/mol. The third-order valence-corrected chi connectivity index (χ3v) is 10.8. The second kappa shape index (κ2) is 7.06. The van der Waals surface area contributed by atoms with Gasteiger partial charge in [0.2, 0.25) is 11.8 Å². The topological polar surface area (TPSA) is 96.5 Å². The molecule has 2 aliphatic heterocycles. The van der Waals surface area contributed by atoms with E-state index in [0.717, 1.165) is 16.3 Å². The van der Waals surface area contributed by atoms with Gasteiger partial charge in [-0.05, 0) is 55.4 Å². The van der Waals surface area contributed by atoms with Crippen LogP contribution in [0.5, 0.6) is 0 Å². The van der Waals surface area contributed by atoms with E-state index >= 15 is 0 Å². The Labute approximate surface area is 198 Å². The zero-order chi connectivity index (χ0) is 23.2. The highest BCUT2D eigenvalue weighted by Crippen LogP contribution is 2.69. The Bertz CT molecular complexity index is 1250.